The zero-order valence-electron chi connectivity index (χ0n) is 9.31. The summed E-state index contributed by atoms with van der Waals surface area (Å²) < 4.78 is 25.5. The van der Waals surface area contributed by atoms with Crippen LogP contribution in [-0.2, 0) is 6.54 Å². The summed E-state index contributed by atoms with van der Waals surface area (Å²) in [6.45, 7) is 1.58. The lowest BCUT2D eigenvalue weighted by Gasteiger charge is -2.25. The van der Waals surface area contributed by atoms with Crippen LogP contribution in [0.3, 0.4) is 0 Å². The summed E-state index contributed by atoms with van der Waals surface area (Å²) in [7, 11) is 0. The summed E-state index contributed by atoms with van der Waals surface area (Å²) in [5, 5.41) is 3.26. The molecule has 1 aliphatic carbocycles. The van der Waals surface area contributed by atoms with Crippen LogP contribution in [0.15, 0.2) is 18.2 Å². The first-order chi connectivity index (χ1) is 7.75. The molecule has 0 radical (unpaired) electrons. The van der Waals surface area contributed by atoms with Gasteiger partial charge in [0.15, 0.2) is 11.6 Å². The van der Waals surface area contributed by atoms with Crippen LogP contribution < -0.4 is 5.32 Å². The normalized spacial score (nSPS) is 16.1. The highest BCUT2D eigenvalue weighted by Gasteiger charge is 2.16. The third-order valence-corrected chi connectivity index (χ3v) is 3.27. The van der Waals surface area contributed by atoms with Crippen LogP contribution in [-0.4, -0.2) is 6.54 Å². The molecule has 2 rings (SSSR count). The SMILES string of the molecule is Fc1ccc(CNCCC2CCC2)cc1F. The van der Waals surface area contributed by atoms with Crippen molar-refractivity contribution in [3.05, 3.63) is 35.4 Å². The first-order valence-corrected chi connectivity index (χ1v) is 5.90. The van der Waals surface area contributed by atoms with Gasteiger partial charge in [-0.05, 0) is 36.6 Å². The van der Waals surface area contributed by atoms with Crippen molar-refractivity contribution in [2.45, 2.75) is 32.2 Å². The minimum Gasteiger partial charge on any atom is -0.313 e. The zero-order chi connectivity index (χ0) is 11.4. The summed E-state index contributed by atoms with van der Waals surface area (Å²) in [6.07, 6.45) is 5.28. The van der Waals surface area contributed by atoms with Gasteiger partial charge >= 0.3 is 0 Å². The second-order valence-corrected chi connectivity index (χ2v) is 4.51. The molecule has 0 aliphatic heterocycles. The Morgan fingerprint density at radius 3 is 2.62 bits per heavy atom. The standard InChI is InChI=1S/C13H17F2N/c14-12-5-4-11(8-13(12)15)9-16-7-6-10-2-1-3-10/h4-5,8,10,16H,1-3,6-7,9H2. The van der Waals surface area contributed by atoms with Crippen LogP contribution in [0.5, 0.6) is 0 Å². The van der Waals surface area contributed by atoms with E-state index in [0.717, 1.165) is 18.0 Å². The highest BCUT2D eigenvalue weighted by atomic mass is 19.2. The van der Waals surface area contributed by atoms with Crippen molar-refractivity contribution in [2.75, 3.05) is 6.54 Å². The Bertz CT molecular complexity index is 348. The molecule has 0 spiro atoms. The van der Waals surface area contributed by atoms with E-state index >= 15 is 0 Å². The topological polar surface area (TPSA) is 12.0 Å². The second kappa shape index (κ2) is 5.39. The maximum atomic E-state index is 12.9. The Morgan fingerprint density at radius 2 is 2.00 bits per heavy atom. The lowest BCUT2D eigenvalue weighted by atomic mass is 9.83. The largest absolute Gasteiger partial charge is 0.313 e. The predicted molar refractivity (Wildman–Crippen MR) is 60.0 cm³/mol. The molecule has 0 saturated heterocycles. The first-order valence-electron chi connectivity index (χ1n) is 5.90. The number of hydrogen-bond acceptors (Lipinski definition) is 1. The van der Waals surface area contributed by atoms with Crippen molar-refractivity contribution in [3.63, 3.8) is 0 Å². The third-order valence-electron chi connectivity index (χ3n) is 3.27. The lowest BCUT2D eigenvalue weighted by molar-refractivity contribution is 0.292. The summed E-state index contributed by atoms with van der Waals surface area (Å²) in [5.74, 6) is -0.658. The molecule has 1 N–H and O–H groups in total. The monoisotopic (exact) mass is 225 g/mol. The van der Waals surface area contributed by atoms with Crippen molar-refractivity contribution in [3.8, 4) is 0 Å². The molecule has 0 bridgehead atoms. The number of nitrogens with one attached hydrogen (secondary N) is 1. The highest BCUT2D eigenvalue weighted by Crippen LogP contribution is 2.28. The molecular weight excluding hydrogens is 208 g/mol. The van der Waals surface area contributed by atoms with Gasteiger partial charge in [-0.2, -0.15) is 0 Å². The maximum absolute atomic E-state index is 12.9. The fourth-order valence-corrected chi connectivity index (χ4v) is 1.97. The molecule has 16 heavy (non-hydrogen) atoms. The average Bonchev–Trinajstić information content (AvgIpc) is 2.20. The Labute approximate surface area is 94.9 Å². The molecule has 0 aromatic heterocycles. The molecule has 1 nitrogen and oxygen atoms in total. The Morgan fingerprint density at radius 1 is 1.19 bits per heavy atom. The molecule has 0 heterocycles. The average molecular weight is 225 g/mol. The summed E-state index contributed by atoms with van der Waals surface area (Å²) in [6, 6.07) is 4.05. The number of halogens is 2. The minimum absolute atomic E-state index is 0.615. The quantitative estimate of drug-likeness (QED) is 0.758. The highest BCUT2D eigenvalue weighted by molar-refractivity contribution is 5.17. The fraction of sp³-hybridized carbons (Fsp3) is 0.538. The van der Waals surface area contributed by atoms with E-state index in [1.54, 1.807) is 6.07 Å². The van der Waals surface area contributed by atoms with Crippen molar-refractivity contribution in [1.29, 1.82) is 0 Å². The number of hydrogen-bond donors (Lipinski definition) is 1. The number of benzene rings is 1. The van der Waals surface area contributed by atoms with E-state index in [0.29, 0.717) is 6.54 Å². The van der Waals surface area contributed by atoms with E-state index in [1.165, 1.54) is 37.8 Å². The van der Waals surface area contributed by atoms with E-state index in [1.807, 2.05) is 0 Å². The Hall–Kier alpha value is -0.960. The van der Waals surface area contributed by atoms with Gasteiger partial charge in [0.25, 0.3) is 0 Å². The Kier molecular flexibility index (Phi) is 3.88. The van der Waals surface area contributed by atoms with Crippen molar-refractivity contribution < 1.29 is 8.78 Å². The smallest absolute Gasteiger partial charge is 0.159 e. The van der Waals surface area contributed by atoms with Gasteiger partial charge in [-0.3, -0.25) is 0 Å². The summed E-state index contributed by atoms with van der Waals surface area (Å²) in [5.41, 5.74) is 0.799. The first kappa shape index (κ1) is 11.5. The Balaban J connectivity index is 1.69. The molecule has 0 atom stereocenters. The van der Waals surface area contributed by atoms with E-state index in [4.69, 9.17) is 0 Å². The fourth-order valence-electron chi connectivity index (χ4n) is 1.97. The molecule has 1 aromatic carbocycles. The molecule has 0 unspecified atom stereocenters. The van der Waals surface area contributed by atoms with Crippen LogP contribution in [0.1, 0.15) is 31.2 Å². The van der Waals surface area contributed by atoms with Gasteiger partial charge in [0.1, 0.15) is 0 Å². The van der Waals surface area contributed by atoms with E-state index < -0.39 is 11.6 Å². The van der Waals surface area contributed by atoms with E-state index in [2.05, 4.69) is 5.32 Å². The molecule has 88 valence electrons. The second-order valence-electron chi connectivity index (χ2n) is 4.51. The molecule has 1 fully saturated rings. The van der Waals surface area contributed by atoms with Gasteiger partial charge in [0, 0.05) is 6.54 Å². The summed E-state index contributed by atoms with van der Waals surface area (Å²) in [4.78, 5) is 0. The molecule has 1 saturated carbocycles. The van der Waals surface area contributed by atoms with Gasteiger partial charge in [0.05, 0.1) is 0 Å². The van der Waals surface area contributed by atoms with Crippen LogP contribution in [0.25, 0.3) is 0 Å². The predicted octanol–water partition coefficient (Wildman–Crippen LogP) is 3.24. The molecule has 3 heteroatoms. The minimum atomic E-state index is -0.779. The van der Waals surface area contributed by atoms with Crippen LogP contribution in [0.2, 0.25) is 0 Å². The van der Waals surface area contributed by atoms with Gasteiger partial charge in [-0.25, -0.2) is 8.78 Å². The molecule has 0 amide bonds. The van der Waals surface area contributed by atoms with Crippen LogP contribution in [0, 0.1) is 17.6 Å². The van der Waals surface area contributed by atoms with Crippen molar-refractivity contribution in [2.24, 2.45) is 5.92 Å². The third kappa shape index (κ3) is 3.01. The van der Waals surface area contributed by atoms with Gasteiger partial charge in [-0.1, -0.05) is 25.3 Å². The van der Waals surface area contributed by atoms with Crippen LogP contribution >= 0.6 is 0 Å². The van der Waals surface area contributed by atoms with Gasteiger partial charge in [-0.15, -0.1) is 0 Å². The van der Waals surface area contributed by atoms with Crippen molar-refractivity contribution >= 4 is 0 Å². The van der Waals surface area contributed by atoms with Gasteiger partial charge < -0.3 is 5.32 Å². The maximum Gasteiger partial charge on any atom is 0.159 e. The van der Waals surface area contributed by atoms with Crippen molar-refractivity contribution in [1.82, 2.24) is 5.32 Å². The van der Waals surface area contributed by atoms with E-state index in [9.17, 15) is 8.78 Å². The van der Waals surface area contributed by atoms with E-state index in [-0.39, 0.29) is 0 Å². The van der Waals surface area contributed by atoms with Gasteiger partial charge in [0.2, 0.25) is 0 Å². The molecule has 1 aromatic rings. The zero-order valence-corrected chi connectivity index (χ0v) is 9.31. The summed E-state index contributed by atoms with van der Waals surface area (Å²) >= 11 is 0. The van der Waals surface area contributed by atoms with Crippen LogP contribution in [0.4, 0.5) is 8.78 Å². The number of rotatable bonds is 5. The lowest BCUT2D eigenvalue weighted by Crippen LogP contribution is -2.21. The molecule has 1 aliphatic rings. The molecular formula is C13H17F2N.